The minimum absolute atomic E-state index is 0.0830. The zero-order chi connectivity index (χ0) is 36.2. The first kappa shape index (κ1) is 37.4. The molecule has 12 nitrogen and oxygen atoms in total. The predicted molar refractivity (Wildman–Crippen MR) is 198 cm³/mol. The number of aromatic nitrogens is 3. The Balaban J connectivity index is 1.45. The number of ether oxygens (including phenoxy) is 7. The van der Waals surface area contributed by atoms with Crippen LogP contribution in [0, 0.1) is 0 Å². The van der Waals surface area contributed by atoms with Crippen LogP contribution in [0.5, 0.6) is 5.75 Å². The van der Waals surface area contributed by atoms with E-state index in [1.165, 1.54) is 0 Å². The molecule has 0 radical (unpaired) electrons. The standard InChI is InChI=1S/C38H54N4O8Si/c1-38(2,3)50-37(43)42-27-18-26(19-28(42)22-47-21-27)35-30(13-15-48-29-12-14-45-23-29)32-20-33(31-10-8-9-11-34(31)49-25-44-4)39-40-36(32)41(35)24-46-16-17-51(5,6)7/h8-11,18,20,27-29H,12-17,19,21-25H2,1-7H3/t27-,28+,29?/m0/s1. The van der Waals surface area contributed by atoms with Gasteiger partial charge in [-0.15, -0.1) is 10.2 Å². The third-order valence-electron chi connectivity index (χ3n) is 9.32. The number of carbonyl (C=O) groups excluding carboxylic acids is 1. The normalized spacial score (nSPS) is 20.9. The fraction of sp³-hybridized carbons (Fsp3) is 0.605. The Kier molecular flexibility index (Phi) is 11.8. The van der Waals surface area contributed by atoms with Crippen LogP contribution in [0.2, 0.25) is 25.7 Å². The monoisotopic (exact) mass is 722 g/mol. The minimum atomic E-state index is -1.32. The van der Waals surface area contributed by atoms with Gasteiger partial charge in [0, 0.05) is 39.3 Å². The number of fused-ring (bicyclic) bond motifs is 3. The molecule has 1 aromatic carbocycles. The molecule has 3 aromatic rings. The lowest BCUT2D eigenvalue weighted by Crippen LogP contribution is -2.57. The number of hydrogen-bond acceptors (Lipinski definition) is 10. The van der Waals surface area contributed by atoms with Crippen LogP contribution in [0.4, 0.5) is 4.79 Å². The van der Waals surface area contributed by atoms with E-state index in [1.807, 2.05) is 49.9 Å². The summed E-state index contributed by atoms with van der Waals surface area (Å²) >= 11 is 0. The molecule has 0 saturated carbocycles. The van der Waals surface area contributed by atoms with Gasteiger partial charge in [-0.25, -0.2) is 4.79 Å². The fourth-order valence-corrected chi connectivity index (χ4v) is 7.64. The lowest BCUT2D eigenvalue weighted by Gasteiger charge is -2.44. The molecule has 3 aliphatic heterocycles. The Hall–Kier alpha value is -3.33. The van der Waals surface area contributed by atoms with E-state index < -0.39 is 13.7 Å². The molecule has 1 amide bonds. The molecule has 13 heteroatoms. The van der Waals surface area contributed by atoms with Gasteiger partial charge in [0.05, 0.1) is 56.0 Å². The van der Waals surface area contributed by atoms with E-state index >= 15 is 0 Å². The van der Waals surface area contributed by atoms with E-state index in [-0.39, 0.29) is 31.1 Å². The van der Waals surface area contributed by atoms with Crippen molar-refractivity contribution in [2.45, 2.75) is 96.2 Å². The van der Waals surface area contributed by atoms with Gasteiger partial charge in [-0.2, -0.15) is 0 Å². The van der Waals surface area contributed by atoms with Gasteiger partial charge in [0.15, 0.2) is 12.4 Å². The number of para-hydroxylation sites is 1. The van der Waals surface area contributed by atoms with Crippen molar-refractivity contribution in [3.63, 3.8) is 0 Å². The van der Waals surface area contributed by atoms with E-state index in [0.717, 1.165) is 52.5 Å². The van der Waals surface area contributed by atoms with Crippen LogP contribution in [0.3, 0.4) is 0 Å². The third kappa shape index (κ3) is 9.19. The predicted octanol–water partition coefficient (Wildman–Crippen LogP) is 6.53. The van der Waals surface area contributed by atoms with Gasteiger partial charge in [0.25, 0.3) is 0 Å². The zero-order valence-corrected chi connectivity index (χ0v) is 32.2. The summed E-state index contributed by atoms with van der Waals surface area (Å²) in [6, 6.07) is 10.5. The molecule has 0 aliphatic carbocycles. The van der Waals surface area contributed by atoms with Crippen LogP contribution < -0.4 is 4.74 Å². The van der Waals surface area contributed by atoms with Gasteiger partial charge in [0.1, 0.15) is 18.1 Å². The maximum Gasteiger partial charge on any atom is 0.411 e. The highest BCUT2D eigenvalue weighted by Gasteiger charge is 2.41. The second-order valence-corrected chi connectivity index (χ2v) is 21.4. The maximum absolute atomic E-state index is 13.5. The highest BCUT2D eigenvalue weighted by atomic mass is 28.3. The van der Waals surface area contributed by atoms with E-state index in [2.05, 4.69) is 36.4 Å². The van der Waals surface area contributed by atoms with Crippen LogP contribution in [0.25, 0.3) is 27.9 Å². The largest absolute Gasteiger partial charge is 0.467 e. The van der Waals surface area contributed by atoms with E-state index in [1.54, 1.807) is 7.11 Å². The first-order chi connectivity index (χ1) is 24.4. The molecule has 1 unspecified atom stereocenters. The Morgan fingerprint density at radius 2 is 1.88 bits per heavy atom. The Morgan fingerprint density at radius 1 is 1.06 bits per heavy atom. The van der Waals surface area contributed by atoms with Gasteiger partial charge in [-0.05, 0) is 75.4 Å². The van der Waals surface area contributed by atoms with Crippen molar-refractivity contribution < 1.29 is 38.0 Å². The molecule has 51 heavy (non-hydrogen) atoms. The second kappa shape index (κ2) is 16.1. The molecule has 5 heterocycles. The van der Waals surface area contributed by atoms with E-state index in [9.17, 15) is 4.79 Å². The van der Waals surface area contributed by atoms with Gasteiger partial charge < -0.3 is 33.2 Å². The van der Waals surface area contributed by atoms with Crippen LogP contribution in [0.15, 0.2) is 36.4 Å². The lowest BCUT2D eigenvalue weighted by molar-refractivity contribution is -0.0511. The molecule has 2 bridgehead atoms. The van der Waals surface area contributed by atoms with Crippen LogP contribution in [-0.2, 0) is 41.6 Å². The Labute approximate surface area is 302 Å². The van der Waals surface area contributed by atoms with Gasteiger partial charge in [-0.1, -0.05) is 37.8 Å². The SMILES string of the molecule is COCOc1ccccc1-c1cc2c(CCOC3CCOC3)c(C3=C[C@H]4COC[C@@H](C3)N4C(=O)OC(C)(C)C)n(COCC[Si](C)(C)C)c2nn1. The Bertz CT molecular complexity index is 1690. The fourth-order valence-electron chi connectivity index (χ4n) is 6.88. The van der Waals surface area contributed by atoms with Gasteiger partial charge >= 0.3 is 6.09 Å². The quantitative estimate of drug-likeness (QED) is 0.103. The van der Waals surface area contributed by atoms with E-state index in [4.69, 9.17) is 43.4 Å². The minimum Gasteiger partial charge on any atom is -0.467 e. The summed E-state index contributed by atoms with van der Waals surface area (Å²) in [6.07, 6.45) is 4.07. The summed E-state index contributed by atoms with van der Waals surface area (Å²) in [5, 5.41) is 10.6. The van der Waals surface area contributed by atoms with Crippen LogP contribution in [-0.4, -0.2) is 111 Å². The van der Waals surface area contributed by atoms with Gasteiger partial charge in [-0.3, -0.25) is 9.47 Å². The number of rotatable bonds is 14. The summed E-state index contributed by atoms with van der Waals surface area (Å²) in [6.45, 7) is 16.5. The van der Waals surface area contributed by atoms with Crippen molar-refractivity contribution >= 4 is 30.8 Å². The zero-order valence-electron chi connectivity index (χ0n) is 31.2. The molecular formula is C38H54N4O8Si. The third-order valence-corrected chi connectivity index (χ3v) is 11.0. The van der Waals surface area contributed by atoms with Crippen molar-refractivity contribution in [2.75, 3.05) is 53.5 Å². The summed E-state index contributed by atoms with van der Waals surface area (Å²) in [5.74, 6) is 0.665. The molecule has 2 aromatic heterocycles. The molecule has 278 valence electrons. The van der Waals surface area contributed by atoms with Gasteiger partial charge in [0.2, 0.25) is 0 Å². The topological polar surface area (TPSA) is 116 Å². The molecule has 3 aliphatic rings. The maximum atomic E-state index is 13.5. The number of morpholine rings is 1. The highest BCUT2D eigenvalue weighted by Crippen LogP contribution is 2.40. The molecule has 2 saturated heterocycles. The smallest absolute Gasteiger partial charge is 0.411 e. The molecule has 2 fully saturated rings. The summed E-state index contributed by atoms with van der Waals surface area (Å²) in [5.41, 5.74) is 4.95. The number of methoxy groups -OCH3 is 1. The molecule has 6 rings (SSSR count). The van der Waals surface area contributed by atoms with E-state index in [0.29, 0.717) is 64.1 Å². The molecule has 0 spiro atoms. The number of nitrogens with zero attached hydrogens (tertiary/aromatic N) is 4. The van der Waals surface area contributed by atoms with Crippen molar-refractivity contribution in [1.82, 2.24) is 19.7 Å². The number of carbonyl (C=O) groups is 1. The van der Waals surface area contributed by atoms with Crippen molar-refractivity contribution in [1.29, 1.82) is 0 Å². The molecule has 0 N–H and O–H groups in total. The molecular weight excluding hydrogens is 669 g/mol. The summed E-state index contributed by atoms with van der Waals surface area (Å²) < 4.78 is 43.5. The molecule has 3 atom stereocenters. The lowest BCUT2D eigenvalue weighted by atomic mass is 9.90. The number of amides is 1. The average Bonchev–Trinajstić information content (AvgIpc) is 3.70. The summed E-state index contributed by atoms with van der Waals surface area (Å²) in [7, 11) is 0.284. The second-order valence-electron chi connectivity index (χ2n) is 15.8. The van der Waals surface area contributed by atoms with Crippen molar-refractivity contribution in [3.05, 3.63) is 47.7 Å². The first-order valence-electron chi connectivity index (χ1n) is 18.1. The highest BCUT2D eigenvalue weighted by molar-refractivity contribution is 6.76. The number of benzene rings is 1. The van der Waals surface area contributed by atoms with Crippen LogP contribution in [0.1, 0.15) is 44.9 Å². The number of hydrogen-bond donors (Lipinski definition) is 0. The Morgan fingerprint density at radius 3 is 2.61 bits per heavy atom. The first-order valence-corrected chi connectivity index (χ1v) is 21.8. The van der Waals surface area contributed by atoms with Crippen LogP contribution >= 0.6 is 0 Å². The van der Waals surface area contributed by atoms with Crippen molar-refractivity contribution in [3.8, 4) is 17.0 Å². The summed E-state index contributed by atoms with van der Waals surface area (Å²) in [4.78, 5) is 15.3. The average molecular weight is 723 g/mol. The van der Waals surface area contributed by atoms with Crippen molar-refractivity contribution in [2.24, 2.45) is 0 Å².